The molecular formula is C22H33IN6O. The second-order valence-electron chi connectivity index (χ2n) is 7.82. The molecule has 0 atom stereocenters. The predicted octanol–water partition coefficient (Wildman–Crippen LogP) is 3.19. The molecule has 1 saturated carbocycles. The lowest BCUT2D eigenvalue weighted by Gasteiger charge is -2.31. The summed E-state index contributed by atoms with van der Waals surface area (Å²) in [5.41, 5.74) is 1.60. The van der Waals surface area contributed by atoms with Gasteiger partial charge in [0.05, 0.1) is 23.3 Å². The fraction of sp³-hybridized carbons (Fsp3) is 0.500. The Balaban J connectivity index is 0.00000320. The van der Waals surface area contributed by atoms with E-state index in [1.807, 2.05) is 68.3 Å². The van der Waals surface area contributed by atoms with E-state index >= 15 is 0 Å². The van der Waals surface area contributed by atoms with E-state index in [2.05, 4.69) is 20.7 Å². The van der Waals surface area contributed by atoms with Crippen LogP contribution in [-0.2, 0) is 11.3 Å². The summed E-state index contributed by atoms with van der Waals surface area (Å²) >= 11 is 0. The van der Waals surface area contributed by atoms with Gasteiger partial charge in [-0.05, 0) is 38.0 Å². The normalized spacial score (nSPS) is 15.4. The number of aliphatic imine (C=N–C) groups is 1. The fourth-order valence-corrected chi connectivity index (χ4v) is 3.92. The first-order valence-electron chi connectivity index (χ1n) is 10.4. The molecule has 1 aliphatic carbocycles. The standard InChI is InChI=1S/C22H32N6O.HI/c1-4-23-21(25-17-22(13-8-9-14-22)20(29)27(2)3)24-16-18-12-15-28(26-18)19-10-6-5-7-11-19;/h5-7,10-12,15H,4,8-9,13-14,16-17H2,1-3H3,(H2,23,24,25);1H. The van der Waals surface area contributed by atoms with Crippen molar-refractivity contribution in [1.82, 2.24) is 25.3 Å². The van der Waals surface area contributed by atoms with Gasteiger partial charge in [-0.3, -0.25) is 4.79 Å². The zero-order valence-corrected chi connectivity index (χ0v) is 20.4. The van der Waals surface area contributed by atoms with Crippen LogP contribution in [0.5, 0.6) is 0 Å². The van der Waals surface area contributed by atoms with Crippen molar-refractivity contribution in [2.75, 3.05) is 27.2 Å². The van der Waals surface area contributed by atoms with Crippen molar-refractivity contribution >= 4 is 35.8 Å². The lowest BCUT2D eigenvalue weighted by Crippen LogP contribution is -2.49. The van der Waals surface area contributed by atoms with Crippen molar-refractivity contribution in [3.05, 3.63) is 48.3 Å². The van der Waals surface area contributed by atoms with Crippen molar-refractivity contribution < 1.29 is 4.79 Å². The summed E-state index contributed by atoms with van der Waals surface area (Å²) in [6.07, 6.45) is 6.01. The minimum Gasteiger partial charge on any atom is -0.357 e. The highest BCUT2D eigenvalue weighted by Crippen LogP contribution is 2.38. The molecule has 0 aliphatic heterocycles. The third-order valence-corrected chi connectivity index (χ3v) is 5.42. The van der Waals surface area contributed by atoms with Crippen molar-refractivity contribution in [2.45, 2.75) is 39.2 Å². The molecule has 0 bridgehead atoms. The van der Waals surface area contributed by atoms with Gasteiger partial charge in [-0.25, -0.2) is 9.67 Å². The Morgan fingerprint density at radius 2 is 1.87 bits per heavy atom. The van der Waals surface area contributed by atoms with Gasteiger partial charge < -0.3 is 15.5 Å². The molecule has 1 amide bonds. The van der Waals surface area contributed by atoms with Crippen LogP contribution < -0.4 is 10.6 Å². The molecule has 1 aliphatic rings. The van der Waals surface area contributed by atoms with Gasteiger partial charge in [0, 0.05) is 33.4 Å². The van der Waals surface area contributed by atoms with E-state index in [9.17, 15) is 4.79 Å². The summed E-state index contributed by atoms with van der Waals surface area (Å²) in [5, 5.41) is 11.3. The maximum Gasteiger partial charge on any atom is 0.230 e. The molecule has 1 aromatic heterocycles. The number of hydrogen-bond donors (Lipinski definition) is 2. The number of para-hydroxylation sites is 1. The molecule has 2 aromatic rings. The van der Waals surface area contributed by atoms with E-state index in [-0.39, 0.29) is 35.3 Å². The molecule has 164 valence electrons. The first kappa shape index (κ1) is 24.2. The number of carbonyl (C=O) groups excluding carboxylic acids is 1. The lowest BCUT2D eigenvalue weighted by molar-refractivity contribution is -0.138. The van der Waals surface area contributed by atoms with Gasteiger partial charge in [0.25, 0.3) is 0 Å². The quantitative estimate of drug-likeness (QED) is 0.332. The molecule has 8 heteroatoms. The number of aromatic nitrogens is 2. The molecule has 30 heavy (non-hydrogen) atoms. The zero-order chi connectivity index (χ0) is 20.7. The second-order valence-corrected chi connectivity index (χ2v) is 7.82. The third-order valence-electron chi connectivity index (χ3n) is 5.42. The topological polar surface area (TPSA) is 74.5 Å². The largest absolute Gasteiger partial charge is 0.357 e. The molecule has 7 nitrogen and oxygen atoms in total. The number of rotatable bonds is 7. The Morgan fingerprint density at radius 3 is 2.50 bits per heavy atom. The van der Waals surface area contributed by atoms with Crippen LogP contribution in [0.2, 0.25) is 0 Å². The van der Waals surface area contributed by atoms with E-state index < -0.39 is 0 Å². The SMILES string of the molecule is CCNC(=NCc1ccn(-c2ccccc2)n1)NCC1(C(=O)N(C)C)CCCC1.I. The number of nitrogens with zero attached hydrogens (tertiary/aromatic N) is 4. The molecule has 1 aromatic carbocycles. The molecule has 3 rings (SSSR count). The minimum absolute atomic E-state index is 0. The summed E-state index contributed by atoms with van der Waals surface area (Å²) < 4.78 is 1.86. The number of halogens is 1. The molecule has 1 heterocycles. The highest BCUT2D eigenvalue weighted by atomic mass is 127. The van der Waals surface area contributed by atoms with E-state index in [0.717, 1.165) is 49.6 Å². The number of nitrogens with one attached hydrogen (secondary N) is 2. The van der Waals surface area contributed by atoms with Crippen LogP contribution in [-0.4, -0.2) is 53.7 Å². The Kier molecular flexibility index (Phi) is 9.13. The third kappa shape index (κ3) is 5.96. The van der Waals surface area contributed by atoms with Crippen LogP contribution in [0.3, 0.4) is 0 Å². The van der Waals surface area contributed by atoms with Gasteiger partial charge in [0.1, 0.15) is 0 Å². The molecule has 0 radical (unpaired) electrons. The maximum absolute atomic E-state index is 12.8. The molecule has 0 unspecified atom stereocenters. The number of benzene rings is 1. The van der Waals surface area contributed by atoms with Crippen molar-refractivity contribution in [2.24, 2.45) is 10.4 Å². The van der Waals surface area contributed by atoms with Gasteiger partial charge in [-0.1, -0.05) is 31.0 Å². The average Bonchev–Trinajstić information content (AvgIpc) is 3.40. The van der Waals surface area contributed by atoms with Crippen LogP contribution in [0, 0.1) is 5.41 Å². The van der Waals surface area contributed by atoms with Crippen LogP contribution in [0.4, 0.5) is 0 Å². The van der Waals surface area contributed by atoms with Gasteiger partial charge in [0.15, 0.2) is 5.96 Å². The Hall–Kier alpha value is -2.10. The maximum atomic E-state index is 12.8. The smallest absolute Gasteiger partial charge is 0.230 e. The monoisotopic (exact) mass is 524 g/mol. The van der Waals surface area contributed by atoms with Crippen LogP contribution >= 0.6 is 24.0 Å². The first-order valence-corrected chi connectivity index (χ1v) is 10.4. The number of carbonyl (C=O) groups is 1. The molecule has 1 fully saturated rings. The predicted molar refractivity (Wildman–Crippen MR) is 131 cm³/mol. The van der Waals surface area contributed by atoms with E-state index in [1.165, 1.54) is 0 Å². The molecule has 2 N–H and O–H groups in total. The fourth-order valence-electron chi connectivity index (χ4n) is 3.92. The Labute approximate surface area is 196 Å². The molecular weight excluding hydrogens is 491 g/mol. The lowest BCUT2D eigenvalue weighted by atomic mass is 9.84. The van der Waals surface area contributed by atoms with Crippen molar-refractivity contribution in [3.63, 3.8) is 0 Å². The Morgan fingerprint density at radius 1 is 1.17 bits per heavy atom. The van der Waals surface area contributed by atoms with E-state index in [0.29, 0.717) is 13.1 Å². The summed E-state index contributed by atoms with van der Waals surface area (Å²) in [6.45, 7) is 3.88. The number of guanidine groups is 1. The Bertz CT molecular complexity index is 827. The van der Waals surface area contributed by atoms with Gasteiger partial charge >= 0.3 is 0 Å². The summed E-state index contributed by atoms with van der Waals surface area (Å²) in [6, 6.07) is 12.0. The first-order chi connectivity index (χ1) is 14.0. The second kappa shape index (κ2) is 11.3. The van der Waals surface area contributed by atoms with Gasteiger partial charge in [-0.15, -0.1) is 24.0 Å². The van der Waals surface area contributed by atoms with Crippen molar-refractivity contribution in [1.29, 1.82) is 0 Å². The van der Waals surface area contributed by atoms with Gasteiger partial charge in [-0.2, -0.15) is 5.10 Å². The highest BCUT2D eigenvalue weighted by molar-refractivity contribution is 14.0. The zero-order valence-electron chi connectivity index (χ0n) is 18.1. The van der Waals surface area contributed by atoms with Crippen molar-refractivity contribution in [3.8, 4) is 5.69 Å². The number of hydrogen-bond acceptors (Lipinski definition) is 3. The van der Waals surface area contributed by atoms with Crippen LogP contribution in [0.25, 0.3) is 5.69 Å². The summed E-state index contributed by atoms with van der Waals surface area (Å²) in [7, 11) is 3.68. The van der Waals surface area contributed by atoms with Gasteiger partial charge in [0.2, 0.25) is 5.91 Å². The molecule has 0 spiro atoms. The average molecular weight is 524 g/mol. The summed E-state index contributed by atoms with van der Waals surface area (Å²) in [4.78, 5) is 19.2. The molecule has 0 saturated heterocycles. The van der Waals surface area contributed by atoms with E-state index in [1.54, 1.807) is 4.90 Å². The van der Waals surface area contributed by atoms with Crippen LogP contribution in [0.15, 0.2) is 47.6 Å². The highest BCUT2D eigenvalue weighted by Gasteiger charge is 2.42. The van der Waals surface area contributed by atoms with E-state index in [4.69, 9.17) is 0 Å². The number of amides is 1. The van der Waals surface area contributed by atoms with Crippen LogP contribution in [0.1, 0.15) is 38.3 Å². The minimum atomic E-state index is -0.325. The summed E-state index contributed by atoms with van der Waals surface area (Å²) in [5.74, 6) is 0.930.